The average molecular weight is 246 g/mol. The molecule has 0 aromatic rings. The zero-order valence-corrected chi connectivity index (χ0v) is 11.2. The summed E-state index contributed by atoms with van der Waals surface area (Å²) in [6, 6.07) is 0. The molecule has 2 atom stereocenters. The van der Waals surface area contributed by atoms with Crippen molar-refractivity contribution in [1.82, 2.24) is 0 Å². The van der Waals surface area contributed by atoms with Gasteiger partial charge in [-0.05, 0) is 41.6 Å². The second-order valence-electron chi connectivity index (χ2n) is 5.93. The lowest BCUT2D eigenvalue weighted by atomic mass is 9.72. The van der Waals surface area contributed by atoms with E-state index in [9.17, 15) is 4.39 Å². The highest BCUT2D eigenvalue weighted by atomic mass is 19.1. The summed E-state index contributed by atoms with van der Waals surface area (Å²) >= 11 is 0. The van der Waals surface area contributed by atoms with E-state index < -0.39 is 0 Å². The molecule has 2 unspecified atom stereocenters. The van der Waals surface area contributed by atoms with Crippen molar-refractivity contribution in [2.75, 3.05) is 7.11 Å². The van der Waals surface area contributed by atoms with Crippen molar-refractivity contribution in [3.05, 3.63) is 47.0 Å². The van der Waals surface area contributed by atoms with E-state index in [2.05, 4.69) is 26.0 Å². The molecule has 96 valence electrons. The maximum absolute atomic E-state index is 13.5. The minimum atomic E-state index is 0.0279. The second kappa shape index (κ2) is 3.84. The van der Waals surface area contributed by atoms with Crippen LogP contribution < -0.4 is 0 Å². The zero-order valence-electron chi connectivity index (χ0n) is 11.2. The number of rotatable bonds is 1. The van der Waals surface area contributed by atoms with Gasteiger partial charge in [0, 0.05) is 12.3 Å². The summed E-state index contributed by atoms with van der Waals surface area (Å²) in [5.74, 6) is 1.67. The van der Waals surface area contributed by atoms with Crippen LogP contribution in [0.15, 0.2) is 47.0 Å². The fourth-order valence-corrected chi connectivity index (χ4v) is 3.65. The molecule has 0 saturated carbocycles. The second-order valence-corrected chi connectivity index (χ2v) is 5.93. The van der Waals surface area contributed by atoms with E-state index in [1.54, 1.807) is 13.2 Å². The molecule has 3 aliphatic carbocycles. The highest BCUT2D eigenvalue weighted by Gasteiger charge is 2.47. The zero-order chi connectivity index (χ0) is 12.9. The first kappa shape index (κ1) is 11.8. The molecule has 0 spiro atoms. The molecule has 0 saturated heterocycles. The molecular formula is C16H19FO. The van der Waals surface area contributed by atoms with Crippen LogP contribution >= 0.6 is 0 Å². The van der Waals surface area contributed by atoms with Gasteiger partial charge in [0.05, 0.1) is 7.11 Å². The van der Waals surface area contributed by atoms with Crippen molar-refractivity contribution in [2.24, 2.45) is 17.3 Å². The van der Waals surface area contributed by atoms with Crippen LogP contribution in [0.1, 0.15) is 26.7 Å². The van der Waals surface area contributed by atoms with E-state index in [-0.39, 0.29) is 11.2 Å². The molecule has 3 rings (SSSR count). The molecule has 0 aromatic carbocycles. The lowest BCUT2D eigenvalue weighted by molar-refractivity contribution is 0.265. The molecule has 0 heterocycles. The van der Waals surface area contributed by atoms with Crippen molar-refractivity contribution >= 4 is 0 Å². The van der Waals surface area contributed by atoms with Gasteiger partial charge in [-0.1, -0.05) is 25.5 Å². The summed E-state index contributed by atoms with van der Waals surface area (Å²) in [5, 5.41) is 0. The molecule has 0 bridgehead atoms. The molecule has 1 nitrogen and oxygen atoms in total. The smallest absolute Gasteiger partial charge is 0.114 e. The average Bonchev–Trinajstić information content (AvgIpc) is 2.58. The van der Waals surface area contributed by atoms with Gasteiger partial charge in [0.25, 0.3) is 0 Å². The summed E-state index contributed by atoms with van der Waals surface area (Å²) < 4.78 is 18.9. The van der Waals surface area contributed by atoms with Crippen LogP contribution in [0.25, 0.3) is 0 Å². The number of halogens is 1. The third kappa shape index (κ3) is 1.51. The summed E-state index contributed by atoms with van der Waals surface area (Å²) in [4.78, 5) is 0. The number of methoxy groups -OCH3 is 1. The van der Waals surface area contributed by atoms with Crippen LogP contribution in [-0.2, 0) is 4.74 Å². The quantitative estimate of drug-likeness (QED) is 0.670. The maximum Gasteiger partial charge on any atom is 0.114 e. The summed E-state index contributed by atoms with van der Waals surface area (Å²) in [7, 11) is 1.70. The molecule has 0 N–H and O–H groups in total. The number of ether oxygens (including phenoxy) is 1. The normalized spacial score (nSPS) is 32.7. The first-order valence-corrected chi connectivity index (χ1v) is 6.57. The van der Waals surface area contributed by atoms with Crippen LogP contribution in [0.5, 0.6) is 0 Å². The Balaban J connectivity index is 2.07. The van der Waals surface area contributed by atoms with Crippen LogP contribution in [0.3, 0.4) is 0 Å². The number of hydrogen-bond donors (Lipinski definition) is 0. The van der Waals surface area contributed by atoms with Crippen LogP contribution in [0, 0.1) is 17.3 Å². The van der Waals surface area contributed by atoms with Gasteiger partial charge < -0.3 is 4.74 Å². The lowest BCUT2D eigenvalue weighted by Crippen LogP contribution is -2.25. The Morgan fingerprint density at radius 3 is 2.83 bits per heavy atom. The fourth-order valence-electron chi connectivity index (χ4n) is 3.65. The van der Waals surface area contributed by atoms with Gasteiger partial charge in [-0.3, -0.25) is 0 Å². The third-order valence-corrected chi connectivity index (χ3v) is 4.68. The SMILES string of the molecule is COC1=CC2C(C=C1)C1=C(CCC(F)=C1)C2(C)C. The minimum Gasteiger partial charge on any atom is -0.497 e. The fraction of sp³-hybridized carbons (Fsp3) is 0.500. The van der Waals surface area contributed by atoms with Gasteiger partial charge >= 0.3 is 0 Å². The first-order valence-electron chi connectivity index (χ1n) is 6.57. The Morgan fingerprint density at radius 1 is 1.33 bits per heavy atom. The van der Waals surface area contributed by atoms with Gasteiger partial charge in [0.15, 0.2) is 0 Å². The van der Waals surface area contributed by atoms with Crippen molar-refractivity contribution in [3.63, 3.8) is 0 Å². The predicted octanol–water partition coefficient (Wildman–Crippen LogP) is 4.30. The highest BCUT2D eigenvalue weighted by Crippen LogP contribution is 2.56. The topological polar surface area (TPSA) is 9.23 Å². The molecule has 0 amide bonds. The van der Waals surface area contributed by atoms with Crippen molar-refractivity contribution in [1.29, 1.82) is 0 Å². The van der Waals surface area contributed by atoms with E-state index in [4.69, 9.17) is 4.74 Å². The van der Waals surface area contributed by atoms with E-state index in [0.717, 1.165) is 12.2 Å². The number of allylic oxidation sites excluding steroid dienone is 7. The maximum atomic E-state index is 13.5. The Bertz CT molecular complexity index is 505. The summed E-state index contributed by atoms with van der Waals surface area (Å²) in [5.41, 5.74) is 2.74. The predicted molar refractivity (Wildman–Crippen MR) is 70.4 cm³/mol. The number of fused-ring (bicyclic) bond motifs is 2. The largest absolute Gasteiger partial charge is 0.497 e. The van der Waals surface area contributed by atoms with Gasteiger partial charge in [0.2, 0.25) is 0 Å². The molecule has 2 heteroatoms. The Labute approximate surface area is 108 Å². The van der Waals surface area contributed by atoms with E-state index in [1.807, 2.05) is 6.08 Å². The molecule has 0 aromatic heterocycles. The molecule has 0 aliphatic heterocycles. The molecule has 18 heavy (non-hydrogen) atoms. The lowest BCUT2D eigenvalue weighted by Gasteiger charge is -2.32. The van der Waals surface area contributed by atoms with Crippen molar-refractivity contribution in [2.45, 2.75) is 26.7 Å². The summed E-state index contributed by atoms with van der Waals surface area (Å²) in [6.45, 7) is 4.54. The highest BCUT2D eigenvalue weighted by molar-refractivity contribution is 5.48. The van der Waals surface area contributed by atoms with Gasteiger partial charge in [-0.15, -0.1) is 0 Å². The minimum absolute atomic E-state index is 0.0279. The van der Waals surface area contributed by atoms with E-state index in [1.165, 1.54) is 11.1 Å². The van der Waals surface area contributed by atoms with Crippen molar-refractivity contribution < 1.29 is 9.13 Å². The monoisotopic (exact) mass is 246 g/mol. The molecule has 0 fully saturated rings. The van der Waals surface area contributed by atoms with E-state index in [0.29, 0.717) is 18.3 Å². The van der Waals surface area contributed by atoms with Crippen LogP contribution in [-0.4, -0.2) is 7.11 Å². The van der Waals surface area contributed by atoms with E-state index >= 15 is 0 Å². The molecular weight excluding hydrogens is 227 g/mol. The third-order valence-electron chi connectivity index (χ3n) is 4.68. The van der Waals surface area contributed by atoms with Crippen molar-refractivity contribution in [3.8, 4) is 0 Å². The standard InChI is InChI=1S/C16H19FO/c1-16(2)14-7-4-10(17)8-13(14)12-6-5-11(18-3)9-15(12)16/h5-6,8-9,12,15H,4,7H2,1-3H3. The molecule has 0 radical (unpaired) electrons. The van der Waals surface area contributed by atoms with Crippen LogP contribution in [0.2, 0.25) is 0 Å². The Kier molecular flexibility index (Phi) is 2.51. The molecule has 3 aliphatic rings. The van der Waals surface area contributed by atoms with Gasteiger partial charge in [0.1, 0.15) is 11.6 Å². The van der Waals surface area contributed by atoms with Crippen LogP contribution in [0.4, 0.5) is 4.39 Å². The van der Waals surface area contributed by atoms with Gasteiger partial charge in [-0.2, -0.15) is 0 Å². The Morgan fingerprint density at radius 2 is 2.11 bits per heavy atom. The van der Waals surface area contributed by atoms with Gasteiger partial charge in [-0.25, -0.2) is 4.39 Å². The first-order chi connectivity index (χ1) is 8.54. The Hall–Kier alpha value is -1.31. The number of hydrogen-bond acceptors (Lipinski definition) is 1. The summed E-state index contributed by atoms with van der Waals surface area (Å²) in [6.07, 6.45) is 9.57.